The highest BCUT2D eigenvalue weighted by Gasteiger charge is 2.13. The van der Waals surface area contributed by atoms with Crippen LogP contribution in [0.1, 0.15) is 23.7 Å². The highest BCUT2D eigenvalue weighted by atomic mass is 32.2. The number of benzene rings is 2. The van der Waals surface area contributed by atoms with Gasteiger partial charge in [0.15, 0.2) is 0 Å². The minimum Gasteiger partial charge on any atom is -0.282 e. The number of pyridine rings is 1. The molecule has 0 saturated carbocycles. The van der Waals surface area contributed by atoms with E-state index in [1.165, 1.54) is 11.5 Å². The van der Waals surface area contributed by atoms with Crippen molar-refractivity contribution in [3.8, 4) is 0 Å². The first kappa shape index (κ1) is 18.1. The summed E-state index contributed by atoms with van der Waals surface area (Å²) in [5, 5.41) is 1.21. The summed E-state index contributed by atoms with van der Waals surface area (Å²) in [5.74, 6) is 0. The first-order valence-electron chi connectivity index (χ1n) is 7.70. The minimum atomic E-state index is -4.06. The Balaban J connectivity index is 0.000000175. The van der Waals surface area contributed by atoms with Gasteiger partial charge < -0.3 is 0 Å². The average Bonchev–Trinajstić information content (AvgIpc) is 2.54. The van der Waals surface area contributed by atoms with Crippen molar-refractivity contribution >= 4 is 21.0 Å². The van der Waals surface area contributed by atoms with E-state index in [2.05, 4.69) is 17.1 Å². The Bertz CT molecular complexity index is 950. The molecule has 1 heterocycles. The molecular weight excluding hydrogens is 322 g/mol. The lowest BCUT2D eigenvalue weighted by Gasteiger charge is -2.05. The van der Waals surface area contributed by atoms with Crippen LogP contribution in [0.4, 0.5) is 0 Å². The zero-order valence-electron chi connectivity index (χ0n) is 14.0. The van der Waals surface area contributed by atoms with Gasteiger partial charge in [-0.25, -0.2) is 0 Å². The maximum atomic E-state index is 10.9. The summed E-state index contributed by atoms with van der Waals surface area (Å²) >= 11 is 0. The van der Waals surface area contributed by atoms with E-state index in [9.17, 15) is 8.42 Å². The van der Waals surface area contributed by atoms with Gasteiger partial charge in [-0.3, -0.25) is 9.54 Å². The second-order valence-electron chi connectivity index (χ2n) is 5.59. The number of hydrogen-bond donors (Lipinski definition) is 1. The molecule has 0 saturated heterocycles. The third-order valence-corrected chi connectivity index (χ3v) is 4.57. The van der Waals surface area contributed by atoms with Crippen LogP contribution in [0.2, 0.25) is 0 Å². The maximum absolute atomic E-state index is 10.9. The molecule has 4 nitrogen and oxygen atoms in total. The number of aryl methyl sites for hydroxylation is 3. The quantitative estimate of drug-likeness (QED) is 0.703. The molecule has 126 valence electrons. The summed E-state index contributed by atoms with van der Waals surface area (Å²) in [6, 6.07) is 17.1. The van der Waals surface area contributed by atoms with E-state index in [0.717, 1.165) is 16.8 Å². The van der Waals surface area contributed by atoms with E-state index < -0.39 is 10.1 Å². The Morgan fingerprint density at radius 2 is 1.71 bits per heavy atom. The van der Waals surface area contributed by atoms with Gasteiger partial charge in [-0.2, -0.15) is 8.42 Å². The fraction of sp³-hybridized carbons (Fsp3) is 0.211. The van der Waals surface area contributed by atoms with E-state index in [4.69, 9.17) is 4.55 Å². The zero-order valence-corrected chi connectivity index (χ0v) is 14.8. The van der Waals surface area contributed by atoms with Crippen molar-refractivity contribution < 1.29 is 13.0 Å². The topological polar surface area (TPSA) is 67.3 Å². The van der Waals surface area contributed by atoms with Gasteiger partial charge in [0, 0.05) is 11.1 Å². The third-order valence-electron chi connectivity index (χ3n) is 3.61. The second-order valence-corrected chi connectivity index (χ2v) is 6.98. The Morgan fingerprint density at radius 3 is 2.38 bits per heavy atom. The van der Waals surface area contributed by atoms with Gasteiger partial charge >= 0.3 is 0 Å². The third kappa shape index (κ3) is 4.63. The van der Waals surface area contributed by atoms with Gasteiger partial charge in [-0.1, -0.05) is 48.9 Å². The molecule has 0 aliphatic heterocycles. The predicted molar refractivity (Wildman–Crippen MR) is 96.9 cm³/mol. The van der Waals surface area contributed by atoms with Gasteiger partial charge in [0.05, 0.1) is 10.4 Å². The zero-order chi connectivity index (χ0) is 17.7. The van der Waals surface area contributed by atoms with Crippen LogP contribution in [-0.4, -0.2) is 18.0 Å². The van der Waals surface area contributed by atoms with E-state index in [0.29, 0.717) is 12.0 Å². The van der Waals surface area contributed by atoms with Crippen LogP contribution < -0.4 is 0 Å². The Morgan fingerprint density at radius 1 is 1.00 bits per heavy atom. The van der Waals surface area contributed by atoms with Crippen LogP contribution in [0, 0.1) is 13.8 Å². The molecule has 0 spiro atoms. The first-order valence-corrected chi connectivity index (χ1v) is 9.14. The Kier molecular flexibility index (Phi) is 5.70. The molecule has 0 radical (unpaired) electrons. The fourth-order valence-corrected chi connectivity index (χ4v) is 3.18. The number of aromatic nitrogens is 1. The van der Waals surface area contributed by atoms with Crippen molar-refractivity contribution in [3.05, 3.63) is 71.4 Å². The summed E-state index contributed by atoms with van der Waals surface area (Å²) in [4.78, 5) is 4.39. The number of rotatable bonds is 2. The average molecular weight is 343 g/mol. The Labute approximate surface area is 142 Å². The summed E-state index contributed by atoms with van der Waals surface area (Å²) < 4.78 is 30.6. The van der Waals surface area contributed by atoms with E-state index in [-0.39, 0.29) is 4.90 Å². The van der Waals surface area contributed by atoms with Crippen molar-refractivity contribution in [1.29, 1.82) is 0 Å². The van der Waals surface area contributed by atoms with Gasteiger partial charge in [0.1, 0.15) is 0 Å². The van der Waals surface area contributed by atoms with Gasteiger partial charge in [0.2, 0.25) is 0 Å². The second kappa shape index (κ2) is 7.55. The molecule has 24 heavy (non-hydrogen) atoms. The molecule has 0 amide bonds. The van der Waals surface area contributed by atoms with Crippen molar-refractivity contribution in [1.82, 2.24) is 4.98 Å². The molecule has 0 atom stereocenters. The minimum absolute atomic E-state index is 0.0144. The molecule has 1 aromatic heterocycles. The van der Waals surface area contributed by atoms with Crippen molar-refractivity contribution in [3.63, 3.8) is 0 Å². The first-order chi connectivity index (χ1) is 11.3. The van der Waals surface area contributed by atoms with Crippen LogP contribution in [0.15, 0.2) is 59.5 Å². The van der Waals surface area contributed by atoms with Gasteiger partial charge in [-0.15, -0.1) is 0 Å². The fourth-order valence-electron chi connectivity index (χ4n) is 2.40. The van der Waals surface area contributed by atoms with Gasteiger partial charge in [0.25, 0.3) is 10.1 Å². The maximum Gasteiger partial charge on any atom is 0.294 e. The number of para-hydroxylation sites is 1. The number of fused-ring (bicyclic) bond motifs is 1. The SMILES string of the molecule is CCc1cc(C)ccc1S(=O)(=O)O.Cc1ccc2ccccc2n1. The molecule has 0 unspecified atom stereocenters. The Hall–Kier alpha value is -2.24. The molecule has 3 rings (SSSR count). The van der Waals surface area contributed by atoms with Crippen LogP contribution in [0.5, 0.6) is 0 Å². The summed E-state index contributed by atoms with van der Waals surface area (Å²) in [5.41, 5.74) is 3.79. The summed E-state index contributed by atoms with van der Waals surface area (Å²) in [7, 11) is -4.06. The lowest BCUT2D eigenvalue weighted by molar-refractivity contribution is 0.482. The van der Waals surface area contributed by atoms with E-state index in [1.807, 2.05) is 45.0 Å². The van der Waals surface area contributed by atoms with Crippen LogP contribution in [0.25, 0.3) is 10.9 Å². The molecular formula is C19H21NO3S. The molecule has 0 bridgehead atoms. The highest BCUT2D eigenvalue weighted by Crippen LogP contribution is 2.17. The molecule has 3 aromatic rings. The molecule has 0 fully saturated rings. The lowest BCUT2D eigenvalue weighted by atomic mass is 10.1. The van der Waals surface area contributed by atoms with Crippen molar-refractivity contribution in [2.24, 2.45) is 0 Å². The van der Waals surface area contributed by atoms with Crippen LogP contribution in [-0.2, 0) is 16.5 Å². The summed E-state index contributed by atoms with van der Waals surface area (Å²) in [6.07, 6.45) is 0.594. The standard InChI is InChI=1S/C10H9N.C9H12O3S/c1-8-6-7-9-4-2-3-5-10(9)11-8;1-3-8-6-7(2)4-5-9(8)13(10,11)12/h2-7H,1H3;4-6H,3H2,1-2H3,(H,10,11,12). The number of hydrogen-bond acceptors (Lipinski definition) is 3. The monoisotopic (exact) mass is 343 g/mol. The molecule has 1 N–H and O–H groups in total. The molecule has 5 heteroatoms. The normalized spacial score (nSPS) is 11.0. The van der Waals surface area contributed by atoms with Crippen LogP contribution >= 0.6 is 0 Å². The van der Waals surface area contributed by atoms with E-state index in [1.54, 1.807) is 12.1 Å². The number of nitrogens with zero attached hydrogens (tertiary/aromatic N) is 1. The van der Waals surface area contributed by atoms with Crippen molar-refractivity contribution in [2.45, 2.75) is 32.1 Å². The smallest absolute Gasteiger partial charge is 0.282 e. The highest BCUT2D eigenvalue weighted by molar-refractivity contribution is 7.85. The van der Waals surface area contributed by atoms with E-state index >= 15 is 0 Å². The molecule has 0 aliphatic rings. The van der Waals surface area contributed by atoms with Gasteiger partial charge in [-0.05, 0) is 44.0 Å². The summed E-state index contributed by atoms with van der Waals surface area (Å²) in [6.45, 7) is 5.74. The lowest BCUT2D eigenvalue weighted by Crippen LogP contribution is -2.02. The predicted octanol–water partition coefficient (Wildman–Crippen LogP) is 4.35. The molecule has 2 aromatic carbocycles. The van der Waals surface area contributed by atoms with Crippen LogP contribution in [0.3, 0.4) is 0 Å². The largest absolute Gasteiger partial charge is 0.294 e. The molecule has 0 aliphatic carbocycles. The van der Waals surface area contributed by atoms with Crippen molar-refractivity contribution in [2.75, 3.05) is 0 Å².